The van der Waals surface area contributed by atoms with Crippen LogP contribution in [-0.2, 0) is 6.42 Å². The average Bonchev–Trinajstić information content (AvgIpc) is 3.18. The molecule has 1 aliphatic rings. The number of rotatable bonds is 8. The van der Waals surface area contributed by atoms with E-state index in [4.69, 9.17) is 9.47 Å². The molecule has 9 nitrogen and oxygen atoms in total. The van der Waals surface area contributed by atoms with Crippen LogP contribution in [0.2, 0.25) is 0 Å². The van der Waals surface area contributed by atoms with E-state index in [1.807, 2.05) is 18.2 Å². The highest BCUT2D eigenvalue weighted by Gasteiger charge is 2.12. The Kier molecular flexibility index (Phi) is 6.50. The van der Waals surface area contributed by atoms with E-state index in [1.54, 1.807) is 19.2 Å². The number of guanidine groups is 1. The van der Waals surface area contributed by atoms with Gasteiger partial charge in [0.2, 0.25) is 6.79 Å². The largest absolute Gasteiger partial charge is 0.454 e. The molecule has 0 saturated heterocycles. The Morgan fingerprint density at radius 2 is 1.82 bits per heavy atom. The first-order valence-corrected chi connectivity index (χ1v) is 8.97. The van der Waals surface area contributed by atoms with Crippen molar-refractivity contribution >= 4 is 17.3 Å². The summed E-state index contributed by atoms with van der Waals surface area (Å²) in [5.41, 5.74) is 2.07. The molecule has 3 N–H and O–H groups in total. The van der Waals surface area contributed by atoms with Gasteiger partial charge in [0.25, 0.3) is 5.69 Å². The van der Waals surface area contributed by atoms with Crippen LogP contribution in [0.1, 0.15) is 5.56 Å². The van der Waals surface area contributed by atoms with Crippen LogP contribution < -0.4 is 25.4 Å². The second-order valence-electron chi connectivity index (χ2n) is 6.09. The normalized spacial score (nSPS) is 12.5. The smallest absolute Gasteiger partial charge is 0.269 e. The number of aliphatic imine (C=N–C) groups is 1. The van der Waals surface area contributed by atoms with Gasteiger partial charge in [-0.1, -0.05) is 6.07 Å². The number of anilines is 1. The van der Waals surface area contributed by atoms with Gasteiger partial charge in [-0.15, -0.1) is 0 Å². The summed E-state index contributed by atoms with van der Waals surface area (Å²) in [6.07, 6.45) is 0.832. The fraction of sp³-hybridized carbons (Fsp3) is 0.316. The zero-order valence-electron chi connectivity index (χ0n) is 15.6. The van der Waals surface area contributed by atoms with Gasteiger partial charge in [0.15, 0.2) is 17.5 Å². The minimum absolute atomic E-state index is 0.0794. The van der Waals surface area contributed by atoms with Crippen molar-refractivity contribution in [3.63, 3.8) is 0 Å². The minimum Gasteiger partial charge on any atom is -0.454 e. The highest BCUT2D eigenvalue weighted by molar-refractivity contribution is 5.79. The SMILES string of the molecule is CN=C(NCCNc1ccc([N+](=O)[O-])cc1)NCCc1ccc2c(c1)OCO2. The number of hydrogen-bond acceptors (Lipinski definition) is 6. The first kappa shape index (κ1) is 19.3. The van der Waals surface area contributed by atoms with Crippen molar-refractivity contribution in [3.05, 3.63) is 58.1 Å². The van der Waals surface area contributed by atoms with Crippen LogP contribution >= 0.6 is 0 Å². The number of hydrogen-bond donors (Lipinski definition) is 3. The highest BCUT2D eigenvalue weighted by atomic mass is 16.7. The molecule has 0 amide bonds. The first-order chi connectivity index (χ1) is 13.7. The van der Waals surface area contributed by atoms with Crippen LogP contribution in [0.5, 0.6) is 11.5 Å². The molecule has 2 aromatic rings. The zero-order valence-corrected chi connectivity index (χ0v) is 15.6. The molecule has 0 bridgehead atoms. The predicted octanol–water partition coefficient (Wildman–Crippen LogP) is 2.14. The molecule has 28 heavy (non-hydrogen) atoms. The summed E-state index contributed by atoms with van der Waals surface area (Å²) in [6, 6.07) is 12.3. The molecular formula is C19H23N5O4. The third-order valence-corrected chi connectivity index (χ3v) is 4.19. The highest BCUT2D eigenvalue weighted by Crippen LogP contribution is 2.32. The molecule has 0 fully saturated rings. The number of fused-ring (bicyclic) bond motifs is 1. The second-order valence-corrected chi connectivity index (χ2v) is 6.09. The van der Waals surface area contributed by atoms with Gasteiger partial charge in [-0.2, -0.15) is 0 Å². The number of ether oxygens (including phenoxy) is 2. The van der Waals surface area contributed by atoms with E-state index in [9.17, 15) is 10.1 Å². The lowest BCUT2D eigenvalue weighted by molar-refractivity contribution is -0.384. The van der Waals surface area contributed by atoms with E-state index in [0.29, 0.717) is 19.0 Å². The summed E-state index contributed by atoms with van der Waals surface area (Å²) in [5, 5.41) is 20.3. The Bertz CT molecular complexity index is 839. The van der Waals surface area contributed by atoms with E-state index in [-0.39, 0.29) is 12.5 Å². The topological polar surface area (TPSA) is 110 Å². The standard InChI is InChI=1S/C19H23N5O4/c1-20-19(22-9-8-14-2-7-17-18(12-14)28-13-27-17)23-11-10-21-15-3-5-16(6-4-15)24(25)26/h2-7,12,21H,8-11,13H2,1H3,(H2,20,22,23). The Balaban J connectivity index is 1.35. The summed E-state index contributed by atoms with van der Waals surface area (Å²) in [6.45, 7) is 2.32. The van der Waals surface area contributed by atoms with E-state index >= 15 is 0 Å². The van der Waals surface area contributed by atoms with Crippen LogP contribution in [0.3, 0.4) is 0 Å². The molecule has 2 aromatic carbocycles. The number of nitro groups is 1. The lowest BCUT2D eigenvalue weighted by Gasteiger charge is -2.13. The lowest BCUT2D eigenvalue weighted by Crippen LogP contribution is -2.40. The summed E-state index contributed by atoms with van der Waals surface area (Å²) in [4.78, 5) is 14.4. The van der Waals surface area contributed by atoms with Gasteiger partial charge in [0, 0.05) is 44.5 Å². The van der Waals surface area contributed by atoms with Crippen molar-refractivity contribution in [1.29, 1.82) is 0 Å². The Hall–Kier alpha value is -3.49. The van der Waals surface area contributed by atoms with Gasteiger partial charge in [-0.3, -0.25) is 15.1 Å². The molecule has 1 heterocycles. The number of nitro benzene ring substituents is 1. The Labute approximate surface area is 162 Å². The number of benzene rings is 2. The maximum absolute atomic E-state index is 10.7. The van der Waals surface area contributed by atoms with Crippen LogP contribution in [0.4, 0.5) is 11.4 Å². The first-order valence-electron chi connectivity index (χ1n) is 8.97. The number of nitrogens with zero attached hydrogens (tertiary/aromatic N) is 2. The maximum atomic E-state index is 10.7. The van der Waals surface area contributed by atoms with Crippen molar-refractivity contribution in [3.8, 4) is 11.5 Å². The summed E-state index contributed by atoms with van der Waals surface area (Å²) < 4.78 is 10.7. The molecule has 0 spiro atoms. The molecular weight excluding hydrogens is 362 g/mol. The fourth-order valence-corrected chi connectivity index (χ4v) is 2.73. The van der Waals surface area contributed by atoms with Gasteiger partial charge in [-0.25, -0.2) is 0 Å². The van der Waals surface area contributed by atoms with Gasteiger partial charge < -0.3 is 25.4 Å². The fourth-order valence-electron chi connectivity index (χ4n) is 2.73. The molecule has 0 atom stereocenters. The molecule has 0 aliphatic carbocycles. The molecule has 0 aromatic heterocycles. The zero-order chi connectivity index (χ0) is 19.8. The summed E-state index contributed by atoms with van der Waals surface area (Å²) in [5.74, 6) is 2.29. The van der Waals surface area contributed by atoms with Gasteiger partial charge in [-0.05, 0) is 36.2 Å². The molecule has 0 radical (unpaired) electrons. The van der Waals surface area contributed by atoms with E-state index in [0.717, 1.165) is 35.7 Å². The second kappa shape index (κ2) is 9.45. The third-order valence-electron chi connectivity index (χ3n) is 4.19. The van der Waals surface area contributed by atoms with Gasteiger partial charge in [0.05, 0.1) is 4.92 Å². The van der Waals surface area contributed by atoms with Gasteiger partial charge in [0.1, 0.15) is 0 Å². The Morgan fingerprint density at radius 1 is 1.07 bits per heavy atom. The van der Waals surface area contributed by atoms with Gasteiger partial charge >= 0.3 is 0 Å². The Morgan fingerprint density at radius 3 is 2.57 bits per heavy atom. The van der Waals surface area contributed by atoms with Crippen LogP contribution in [0, 0.1) is 10.1 Å². The predicted molar refractivity (Wildman–Crippen MR) is 107 cm³/mol. The quantitative estimate of drug-likeness (QED) is 0.210. The van der Waals surface area contributed by atoms with E-state index in [2.05, 4.69) is 20.9 Å². The summed E-state index contributed by atoms with van der Waals surface area (Å²) >= 11 is 0. The van der Waals surface area contributed by atoms with Crippen molar-refractivity contribution in [2.45, 2.75) is 6.42 Å². The monoisotopic (exact) mass is 385 g/mol. The van der Waals surface area contributed by atoms with E-state index in [1.165, 1.54) is 12.1 Å². The molecule has 148 valence electrons. The van der Waals surface area contributed by atoms with E-state index < -0.39 is 4.92 Å². The van der Waals surface area contributed by atoms with Crippen LogP contribution in [0.25, 0.3) is 0 Å². The molecule has 1 aliphatic heterocycles. The van der Waals surface area contributed by atoms with Crippen LogP contribution in [-0.4, -0.2) is 44.4 Å². The lowest BCUT2D eigenvalue weighted by atomic mass is 10.1. The van der Waals surface area contributed by atoms with Crippen molar-refractivity contribution in [2.24, 2.45) is 4.99 Å². The molecule has 0 unspecified atom stereocenters. The minimum atomic E-state index is -0.412. The number of non-ortho nitro benzene ring substituents is 1. The number of nitrogens with one attached hydrogen (secondary N) is 3. The van der Waals surface area contributed by atoms with Crippen molar-refractivity contribution in [1.82, 2.24) is 10.6 Å². The molecule has 3 rings (SSSR count). The van der Waals surface area contributed by atoms with Crippen molar-refractivity contribution in [2.75, 3.05) is 38.8 Å². The van der Waals surface area contributed by atoms with Crippen molar-refractivity contribution < 1.29 is 14.4 Å². The third kappa shape index (κ3) is 5.26. The molecule has 9 heteroatoms. The van der Waals surface area contributed by atoms with Crippen LogP contribution in [0.15, 0.2) is 47.5 Å². The molecule has 0 saturated carbocycles. The maximum Gasteiger partial charge on any atom is 0.269 e. The average molecular weight is 385 g/mol. The summed E-state index contributed by atoms with van der Waals surface area (Å²) in [7, 11) is 1.72.